The van der Waals surface area contributed by atoms with Gasteiger partial charge in [0.2, 0.25) is 0 Å². The van der Waals surface area contributed by atoms with E-state index in [9.17, 15) is 9.13 Å². The van der Waals surface area contributed by atoms with Crippen LogP contribution < -0.4 is 0 Å². The van der Waals surface area contributed by atoms with Crippen molar-refractivity contribution in [2.75, 3.05) is 19.9 Å². The van der Waals surface area contributed by atoms with Crippen LogP contribution in [0, 0.1) is 0 Å². The largest absolute Gasteiger partial charge is 0.479 e. The van der Waals surface area contributed by atoms with Gasteiger partial charge in [0.1, 0.15) is 0 Å². The summed E-state index contributed by atoms with van der Waals surface area (Å²) in [7, 11) is -8.58. The molecule has 0 spiro atoms. The fourth-order valence-electron chi connectivity index (χ4n) is 0.599. The minimum absolute atomic E-state index is 0.157. The van der Waals surface area contributed by atoms with Crippen LogP contribution in [0.15, 0.2) is 12.2 Å². The standard InChI is InChI=1S/C6H14O7P2/c1-6(5-7)3-4-12-15(10,11)13-14(2,8)9/h7H,1,3-5H2,2H3,(H,8,9)(H,10,11). The summed E-state index contributed by atoms with van der Waals surface area (Å²) in [6.45, 7) is 3.70. The third kappa shape index (κ3) is 8.96. The second kappa shape index (κ2) is 5.92. The zero-order valence-corrected chi connectivity index (χ0v) is 9.99. The molecular formula is C6H14O7P2. The van der Waals surface area contributed by atoms with Crippen molar-refractivity contribution in [3.63, 3.8) is 0 Å². The Balaban J connectivity index is 4.01. The van der Waals surface area contributed by atoms with E-state index in [4.69, 9.17) is 14.9 Å². The molecule has 0 bridgehead atoms. The molecule has 90 valence electrons. The number of hydrogen-bond donors (Lipinski definition) is 3. The number of aliphatic hydroxyl groups is 1. The molecule has 0 aromatic heterocycles. The predicted molar refractivity (Wildman–Crippen MR) is 53.5 cm³/mol. The Labute approximate surface area is 87.5 Å². The Morgan fingerprint density at radius 2 is 1.93 bits per heavy atom. The molecule has 0 amide bonds. The smallest absolute Gasteiger partial charge is 0.392 e. The zero-order valence-electron chi connectivity index (χ0n) is 8.20. The maximum absolute atomic E-state index is 11.0. The van der Waals surface area contributed by atoms with Crippen molar-refractivity contribution < 1.29 is 32.9 Å². The first-order valence-electron chi connectivity index (χ1n) is 3.93. The molecule has 0 saturated heterocycles. The Morgan fingerprint density at radius 3 is 2.33 bits per heavy atom. The summed E-state index contributed by atoms with van der Waals surface area (Å²) < 4.78 is 29.9. The molecule has 0 rings (SSSR count). The van der Waals surface area contributed by atoms with E-state index in [1.165, 1.54) is 0 Å². The molecule has 0 aliphatic heterocycles. The van der Waals surface area contributed by atoms with Crippen molar-refractivity contribution >= 4 is 15.4 Å². The topological polar surface area (TPSA) is 113 Å². The van der Waals surface area contributed by atoms with E-state index in [0.717, 1.165) is 6.66 Å². The van der Waals surface area contributed by atoms with Gasteiger partial charge in [0.05, 0.1) is 13.2 Å². The van der Waals surface area contributed by atoms with Gasteiger partial charge < -0.3 is 14.9 Å². The monoisotopic (exact) mass is 260 g/mol. The molecule has 2 atom stereocenters. The van der Waals surface area contributed by atoms with Crippen LogP contribution >= 0.6 is 15.4 Å². The Kier molecular flexibility index (Phi) is 5.92. The zero-order chi connectivity index (χ0) is 12.1. The van der Waals surface area contributed by atoms with Crippen molar-refractivity contribution in [2.45, 2.75) is 6.42 Å². The van der Waals surface area contributed by atoms with E-state index in [1.54, 1.807) is 0 Å². The van der Waals surface area contributed by atoms with E-state index in [2.05, 4.69) is 15.4 Å². The molecule has 7 nitrogen and oxygen atoms in total. The highest BCUT2D eigenvalue weighted by Crippen LogP contribution is 2.57. The van der Waals surface area contributed by atoms with Gasteiger partial charge in [-0.25, -0.2) is 8.88 Å². The lowest BCUT2D eigenvalue weighted by Crippen LogP contribution is -1.98. The molecule has 0 radical (unpaired) electrons. The van der Waals surface area contributed by atoms with Crippen molar-refractivity contribution in [2.24, 2.45) is 0 Å². The lowest BCUT2D eigenvalue weighted by atomic mass is 10.2. The Hall–Kier alpha value is -0.0000000000000000208. The molecule has 0 aromatic rings. The minimum atomic E-state index is -4.52. The first-order valence-corrected chi connectivity index (χ1v) is 7.45. The normalized spacial score (nSPS) is 19.2. The van der Waals surface area contributed by atoms with E-state index in [1.807, 2.05) is 0 Å². The highest BCUT2D eigenvalue weighted by Gasteiger charge is 2.29. The van der Waals surface area contributed by atoms with E-state index in [0.29, 0.717) is 5.57 Å². The van der Waals surface area contributed by atoms with Crippen LogP contribution in [-0.4, -0.2) is 34.8 Å². The number of phosphoric acid groups is 1. The average molecular weight is 260 g/mol. The Morgan fingerprint density at radius 1 is 1.40 bits per heavy atom. The number of aliphatic hydroxyl groups excluding tert-OH is 1. The predicted octanol–water partition coefficient (Wildman–Crippen LogP) is 0.874. The van der Waals surface area contributed by atoms with E-state index >= 15 is 0 Å². The van der Waals surface area contributed by atoms with Crippen LogP contribution in [0.25, 0.3) is 0 Å². The molecule has 15 heavy (non-hydrogen) atoms. The first-order chi connectivity index (χ1) is 6.66. The second-order valence-electron chi connectivity index (χ2n) is 2.84. The fourth-order valence-corrected chi connectivity index (χ4v) is 2.64. The summed E-state index contributed by atoms with van der Waals surface area (Å²) in [4.78, 5) is 17.6. The maximum atomic E-state index is 11.0. The number of hydrogen-bond acceptors (Lipinski definition) is 5. The van der Waals surface area contributed by atoms with E-state index < -0.39 is 15.4 Å². The van der Waals surface area contributed by atoms with Gasteiger partial charge in [-0.15, -0.1) is 0 Å². The number of phosphoric ester groups is 1. The van der Waals surface area contributed by atoms with Gasteiger partial charge in [-0.05, 0) is 12.0 Å². The summed E-state index contributed by atoms with van der Waals surface area (Å²) in [5.41, 5.74) is 0.415. The molecule has 0 aromatic carbocycles. The maximum Gasteiger partial charge on any atom is 0.479 e. The van der Waals surface area contributed by atoms with Gasteiger partial charge in [0.15, 0.2) is 0 Å². The molecule has 3 N–H and O–H groups in total. The molecule has 0 heterocycles. The lowest BCUT2D eigenvalue weighted by Gasteiger charge is -2.13. The number of rotatable bonds is 7. The fraction of sp³-hybridized carbons (Fsp3) is 0.667. The summed E-state index contributed by atoms with van der Waals surface area (Å²) >= 11 is 0. The van der Waals surface area contributed by atoms with Crippen molar-refractivity contribution in [1.29, 1.82) is 0 Å². The van der Waals surface area contributed by atoms with E-state index in [-0.39, 0.29) is 19.6 Å². The van der Waals surface area contributed by atoms with Crippen LogP contribution in [0.4, 0.5) is 0 Å². The Bertz CT molecular complexity index is 307. The molecule has 0 saturated carbocycles. The molecule has 0 fully saturated rings. The van der Waals surface area contributed by atoms with Crippen LogP contribution in [0.3, 0.4) is 0 Å². The average Bonchev–Trinajstić information content (AvgIpc) is 1.98. The van der Waals surface area contributed by atoms with Gasteiger partial charge >= 0.3 is 15.4 Å². The molecule has 0 aliphatic carbocycles. The van der Waals surface area contributed by atoms with Crippen molar-refractivity contribution in [3.05, 3.63) is 12.2 Å². The summed E-state index contributed by atoms with van der Waals surface area (Å²) in [5, 5.41) is 8.55. The van der Waals surface area contributed by atoms with Gasteiger partial charge in [-0.2, -0.15) is 0 Å². The third-order valence-corrected chi connectivity index (χ3v) is 3.73. The van der Waals surface area contributed by atoms with Gasteiger partial charge in [-0.3, -0.25) is 9.09 Å². The third-order valence-electron chi connectivity index (χ3n) is 1.19. The summed E-state index contributed by atoms with van der Waals surface area (Å²) in [5.74, 6) is 0. The van der Waals surface area contributed by atoms with Gasteiger partial charge in [0.25, 0.3) is 0 Å². The summed E-state index contributed by atoms with van der Waals surface area (Å²) in [6, 6.07) is 0. The van der Waals surface area contributed by atoms with Crippen molar-refractivity contribution in [1.82, 2.24) is 0 Å². The quantitative estimate of drug-likeness (QED) is 0.459. The highest BCUT2D eigenvalue weighted by atomic mass is 31.3. The molecule has 2 unspecified atom stereocenters. The SMILES string of the molecule is C=C(CO)CCOP(=O)(O)OP(C)(=O)O. The molecule has 0 aliphatic rings. The van der Waals surface area contributed by atoms with Crippen molar-refractivity contribution in [3.8, 4) is 0 Å². The highest BCUT2D eigenvalue weighted by molar-refractivity contribution is 7.63. The minimum Gasteiger partial charge on any atom is -0.392 e. The lowest BCUT2D eigenvalue weighted by molar-refractivity contribution is 0.196. The van der Waals surface area contributed by atoms with Crippen LogP contribution in [0.5, 0.6) is 0 Å². The van der Waals surface area contributed by atoms with Crippen LogP contribution in [0.1, 0.15) is 6.42 Å². The molecule has 9 heteroatoms. The summed E-state index contributed by atoms with van der Waals surface area (Å²) in [6.07, 6.45) is 0.157. The second-order valence-corrected chi connectivity index (χ2v) is 6.30. The van der Waals surface area contributed by atoms with Gasteiger partial charge in [0, 0.05) is 6.66 Å². The first kappa shape index (κ1) is 15.0. The van der Waals surface area contributed by atoms with Crippen LogP contribution in [-0.2, 0) is 18.0 Å². The van der Waals surface area contributed by atoms with Gasteiger partial charge in [-0.1, -0.05) is 6.58 Å². The van der Waals surface area contributed by atoms with Crippen LogP contribution in [0.2, 0.25) is 0 Å². The molecular weight excluding hydrogens is 246 g/mol.